The van der Waals surface area contributed by atoms with E-state index < -0.39 is 11.6 Å². The van der Waals surface area contributed by atoms with Crippen molar-refractivity contribution in [2.75, 3.05) is 24.3 Å². The molecule has 24 heavy (non-hydrogen) atoms. The molecule has 6 heteroatoms. The molecule has 0 spiro atoms. The van der Waals surface area contributed by atoms with Crippen LogP contribution in [0.1, 0.15) is 12.0 Å². The number of fused-ring (bicyclic) bond motifs is 1. The molecule has 0 saturated heterocycles. The lowest BCUT2D eigenvalue weighted by Crippen LogP contribution is -2.29. The van der Waals surface area contributed by atoms with Crippen molar-refractivity contribution in [3.63, 3.8) is 0 Å². The van der Waals surface area contributed by atoms with Gasteiger partial charge < -0.3 is 9.64 Å². The number of amides is 1. The van der Waals surface area contributed by atoms with E-state index in [-0.39, 0.29) is 5.91 Å². The minimum absolute atomic E-state index is 0.111. The number of hydrogen-bond donors (Lipinski definition) is 0. The molecule has 1 heterocycles. The Bertz CT molecular complexity index is 749. The molecule has 0 saturated carbocycles. The number of anilines is 1. The van der Waals surface area contributed by atoms with Crippen LogP contribution in [0, 0.1) is 11.6 Å². The molecule has 1 amide bonds. The minimum Gasteiger partial charge on any atom is -0.497 e. The highest BCUT2D eigenvalue weighted by Gasteiger charge is 2.27. The van der Waals surface area contributed by atoms with Crippen molar-refractivity contribution in [2.24, 2.45) is 0 Å². The van der Waals surface area contributed by atoms with Gasteiger partial charge in [-0.05, 0) is 36.8 Å². The van der Waals surface area contributed by atoms with Gasteiger partial charge >= 0.3 is 0 Å². The molecule has 0 radical (unpaired) electrons. The lowest BCUT2D eigenvalue weighted by Gasteiger charge is -2.17. The summed E-state index contributed by atoms with van der Waals surface area (Å²) in [6.45, 7) is 0.405. The Labute approximate surface area is 143 Å². The second kappa shape index (κ2) is 7.21. The first-order valence-electron chi connectivity index (χ1n) is 7.63. The second-order valence-corrected chi connectivity index (χ2v) is 6.62. The number of ether oxygens (including phenoxy) is 1. The largest absolute Gasteiger partial charge is 0.497 e. The minimum atomic E-state index is -0.654. The summed E-state index contributed by atoms with van der Waals surface area (Å²) in [6, 6.07) is 9.71. The van der Waals surface area contributed by atoms with E-state index in [1.807, 2.05) is 24.3 Å². The van der Waals surface area contributed by atoms with Gasteiger partial charge in [-0.25, -0.2) is 8.78 Å². The lowest BCUT2D eigenvalue weighted by atomic mass is 10.1. The topological polar surface area (TPSA) is 29.5 Å². The quantitative estimate of drug-likeness (QED) is 0.763. The normalized spacial score (nSPS) is 13.0. The Kier molecular flexibility index (Phi) is 5.04. The van der Waals surface area contributed by atoms with Crippen molar-refractivity contribution < 1.29 is 18.3 Å². The molecule has 2 aromatic rings. The van der Waals surface area contributed by atoms with Crippen molar-refractivity contribution in [3.05, 3.63) is 53.6 Å². The van der Waals surface area contributed by atoms with Gasteiger partial charge in [-0.2, -0.15) is 0 Å². The van der Waals surface area contributed by atoms with Crippen molar-refractivity contribution in [2.45, 2.75) is 17.7 Å². The van der Waals surface area contributed by atoms with Crippen LogP contribution in [-0.2, 0) is 11.2 Å². The number of methoxy groups -OCH3 is 1. The van der Waals surface area contributed by atoms with Gasteiger partial charge in [0.25, 0.3) is 0 Å². The predicted octanol–water partition coefficient (Wildman–Crippen LogP) is 4.04. The molecular weight excluding hydrogens is 332 g/mol. The molecule has 1 aliphatic rings. The van der Waals surface area contributed by atoms with Crippen LogP contribution in [0.25, 0.3) is 0 Å². The molecule has 2 aromatic carbocycles. The molecule has 0 bridgehead atoms. The third kappa shape index (κ3) is 3.53. The number of benzene rings is 2. The lowest BCUT2D eigenvalue weighted by molar-refractivity contribution is -0.118. The maximum atomic E-state index is 13.7. The van der Waals surface area contributed by atoms with Gasteiger partial charge in [0.2, 0.25) is 5.91 Å². The first-order chi connectivity index (χ1) is 11.6. The highest BCUT2D eigenvalue weighted by atomic mass is 32.2. The van der Waals surface area contributed by atoms with Crippen LogP contribution in [0.15, 0.2) is 41.3 Å². The summed E-state index contributed by atoms with van der Waals surface area (Å²) < 4.78 is 32.2. The van der Waals surface area contributed by atoms with Crippen LogP contribution < -0.4 is 9.64 Å². The summed E-state index contributed by atoms with van der Waals surface area (Å²) in [6.07, 6.45) is 0.743. The third-order valence-electron chi connectivity index (χ3n) is 3.96. The molecule has 3 rings (SSSR count). The zero-order valence-electron chi connectivity index (χ0n) is 13.2. The molecular formula is C18H17F2NO2S. The van der Waals surface area contributed by atoms with Crippen LogP contribution in [0.3, 0.4) is 0 Å². The van der Waals surface area contributed by atoms with Crippen molar-refractivity contribution in [1.82, 2.24) is 0 Å². The molecule has 0 aromatic heterocycles. The first kappa shape index (κ1) is 16.8. The fourth-order valence-electron chi connectivity index (χ4n) is 2.74. The molecule has 0 aliphatic carbocycles. The summed E-state index contributed by atoms with van der Waals surface area (Å²) >= 11 is 1.56. The number of carbonyl (C=O) groups is 1. The Hall–Kier alpha value is -2.08. The van der Waals surface area contributed by atoms with E-state index in [1.165, 1.54) is 11.0 Å². The summed E-state index contributed by atoms with van der Waals surface area (Å²) in [4.78, 5) is 14.9. The fraction of sp³-hybridized carbons (Fsp3) is 0.278. The number of thioether (sulfide) groups is 1. The first-order valence-corrected chi connectivity index (χ1v) is 8.62. The Balaban J connectivity index is 1.59. The standard InChI is InChI=1S/C18H17F2NO2S/c1-23-13-2-4-14(5-3-13)24-9-7-18(22)21-8-6-15-16(20)10-12(19)11-17(15)21/h2-5,10-11H,6-9H2,1H3. The monoisotopic (exact) mass is 349 g/mol. The predicted molar refractivity (Wildman–Crippen MR) is 90.8 cm³/mol. The third-order valence-corrected chi connectivity index (χ3v) is 4.97. The maximum absolute atomic E-state index is 13.7. The zero-order chi connectivity index (χ0) is 17.1. The molecule has 0 N–H and O–H groups in total. The Morgan fingerprint density at radius 3 is 2.71 bits per heavy atom. The Morgan fingerprint density at radius 1 is 1.25 bits per heavy atom. The van der Waals surface area contributed by atoms with Gasteiger partial charge in [0.05, 0.1) is 12.8 Å². The number of hydrogen-bond acceptors (Lipinski definition) is 3. The molecule has 0 unspecified atom stereocenters. The number of nitrogens with zero attached hydrogens (tertiary/aromatic N) is 1. The van der Waals surface area contributed by atoms with E-state index in [1.54, 1.807) is 18.9 Å². The average Bonchev–Trinajstić information content (AvgIpc) is 2.99. The molecule has 3 nitrogen and oxygen atoms in total. The summed E-state index contributed by atoms with van der Waals surface area (Å²) in [5, 5.41) is 0. The van der Waals surface area contributed by atoms with Crippen molar-refractivity contribution >= 4 is 23.4 Å². The van der Waals surface area contributed by atoms with E-state index in [9.17, 15) is 13.6 Å². The van der Waals surface area contributed by atoms with Crippen molar-refractivity contribution in [3.8, 4) is 5.75 Å². The van der Waals surface area contributed by atoms with Gasteiger partial charge in [-0.15, -0.1) is 11.8 Å². The van der Waals surface area contributed by atoms with Gasteiger partial charge in [-0.3, -0.25) is 4.79 Å². The van der Waals surface area contributed by atoms with E-state index in [4.69, 9.17) is 4.74 Å². The number of rotatable bonds is 5. The molecule has 126 valence electrons. The highest BCUT2D eigenvalue weighted by molar-refractivity contribution is 7.99. The summed E-state index contributed by atoms with van der Waals surface area (Å²) in [5.74, 6) is 0.0498. The smallest absolute Gasteiger partial charge is 0.227 e. The SMILES string of the molecule is COc1ccc(SCCC(=O)N2CCc3c(F)cc(F)cc32)cc1. The highest BCUT2D eigenvalue weighted by Crippen LogP contribution is 2.32. The van der Waals surface area contributed by atoms with E-state index in [2.05, 4.69) is 0 Å². The fourth-order valence-corrected chi connectivity index (χ4v) is 3.59. The van der Waals surface area contributed by atoms with Crippen LogP contribution in [0.4, 0.5) is 14.5 Å². The van der Waals surface area contributed by atoms with Gasteiger partial charge in [0.1, 0.15) is 17.4 Å². The van der Waals surface area contributed by atoms with Crippen molar-refractivity contribution in [1.29, 1.82) is 0 Å². The van der Waals surface area contributed by atoms with E-state index in [0.717, 1.165) is 16.7 Å². The van der Waals surface area contributed by atoms with Gasteiger partial charge in [0.15, 0.2) is 0 Å². The van der Waals surface area contributed by atoms with E-state index >= 15 is 0 Å². The molecule has 0 fully saturated rings. The molecule has 1 aliphatic heterocycles. The van der Waals surface area contributed by atoms with Crippen LogP contribution in [0.2, 0.25) is 0 Å². The van der Waals surface area contributed by atoms with E-state index in [0.29, 0.717) is 36.4 Å². The van der Waals surface area contributed by atoms with Crippen LogP contribution in [0.5, 0.6) is 5.75 Å². The van der Waals surface area contributed by atoms with Crippen LogP contribution in [-0.4, -0.2) is 25.3 Å². The summed E-state index contributed by atoms with van der Waals surface area (Å²) in [5.41, 5.74) is 0.791. The second-order valence-electron chi connectivity index (χ2n) is 5.45. The average molecular weight is 349 g/mol. The molecule has 0 atom stereocenters. The zero-order valence-corrected chi connectivity index (χ0v) is 14.0. The number of carbonyl (C=O) groups excluding carboxylic acids is 1. The summed E-state index contributed by atoms with van der Waals surface area (Å²) in [7, 11) is 1.61. The van der Waals surface area contributed by atoms with Gasteiger partial charge in [0, 0.05) is 35.2 Å². The maximum Gasteiger partial charge on any atom is 0.227 e. The Morgan fingerprint density at radius 2 is 2.00 bits per heavy atom. The van der Waals surface area contributed by atoms with Crippen LogP contribution >= 0.6 is 11.8 Å². The number of halogens is 2. The van der Waals surface area contributed by atoms with Gasteiger partial charge in [-0.1, -0.05) is 0 Å².